The van der Waals surface area contributed by atoms with E-state index < -0.39 is 31.6 Å². The molecule has 2 aromatic carbocycles. The third-order valence-electron chi connectivity index (χ3n) is 6.26. The Bertz CT molecular complexity index is 1270. The second kappa shape index (κ2) is 10.2. The van der Waals surface area contributed by atoms with Gasteiger partial charge in [0.2, 0.25) is 0 Å². The molecule has 0 atom stereocenters. The number of rotatable bonds is 6. The van der Waals surface area contributed by atoms with E-state index in [4.69, 9.17) is 4.98 Å². The van der Waals surface area contributed by atoms with Crippen LogP contribution in [-0.4, -0.2) is 28.0 Å². The van der Waals surface area contributed by atoms with E-state index in [2.05, 4.69) is 30.4 Å². The SMILES string of the molecule is CCc1ccc2nc(-c3ccc(NC(=O)C4CCC([I-]S(=O)(=O)C(C)(C)C)CC4)cc3)sc2c1. The van der Waals surface area contributed by atoms with Crippen molar-refractivity contribution in [1.82, 2.24) is 4.98 Å². The van der Waals surface area contributed by atoms with Crippen molar-refractivity contribution in [3.05, 3.63) is 48.0 Å². The number of benzene rings is 2. The van der Waals surface area contributed by atoms with Crippen LogP contribution in [0, 0.1) is 5.92 Å². The fourth-order valence-electron chi connectivity index (χ4n) is 3.96. The summed E-state index contributed by atoms with van der Waals surface area (Å²) in [6, 6.07) is 14.3. The molecule has 3 aromatic rings. The summed E-state index contributed by atoms with van der Waals surface area (Å²) in [6.07, 6.45) is 4.20. The number of nitrogens with one attached hydrogen (secondary N) is 1. The zero-order chi connectivity index (χ0) is 24.5. The molecule has 1 amide bonds. The number of alkyl halides is 1. The van der Waals surface area contributed by atoms with Gasteiger partial charge in [-0.25, -0.2) is 0 Å². The first-order chi connectivity index (χ1) is 16.1. The number of halogens is 1. The Labute approximate surface area is 215 Å². The number of thiazole rings is 1. The molecule has 1 heterocycles. The molecule has 1 N–H and O–H groups in total. The van der Waals surface area contributed by atoms with E-state index in [9.17, 15) is 13.2 Å². The van der Waals surface area contributed by atoms with Crippen LogP contribution in [0.25, 0.3) is 20.8 Å². The predicted octanol–water partition coefficient (Wildman–Crippen LogP) is 3.24. The topological polar surface area (TPSA) is 76.1 Å². The van der Waals surface area contributed by atoms with Crippen LogP contribution in [0.5, 0.6) is 0 Å². The number of amides is 1. The molecule has 0 bridgehead atoms. The molecule has 1 fully saturated rings. The van der Waals surface area contributed by atoms with E-state index in [1.807, 2.05) is 24.3 Å². The van der Waals surface area contributed by atoms with Crippen molar-refractivity contribution >= 4 is 40.2 Å². The summed E-state index contributed by atoms with van der Waals surface area (Å²) in [4.78, 5) is 17.6. The van der Waals surface area contributed by atoms with Gasteiger partial charge in [0.25, 0.3) is 0 Å². The Morgan fingerprint density at radius 3 is 2.38 bits per heavy atom. The zero-order valence-electron chi connectivity index (χ0n) is 20.1. The van der Waals surface area contributed by atoms with E-state index in [1.54, 1.807) is 32.1 Å². The molecule has 1 saturated carbocycles. The number of hydrogen-bond acceptors (Lipinski definition) is 5. The van der Waals surface area contributed by atoms with Crippen molar-refractivity contribution in [2.24, 2.45) is 5.92 Å². The normalized spacial score (nSPS) is 19.4. The summed E-state index contributed by atoms with van der Waals surface area (Å²) in [7, 11) is -3.02. The first-order valence-corrected chi connectivity index (χ1v) is 17.8. The number of nitrogens with zero attached hydrogens (tertiary/aromatic N) is 1. The molecular formula is C26H32IN2O3S2-. The Balaban J connectivity index is 1.34. The molecule has 5 nitrogen and oxygen atoms in total. The van der Waals surface area contributed by atoms with Crippen LogP contribution < -0.4 is 25.1 Å². The second-order valence-electron chi connectivity index (χ2n) is 9.83. The van der Waals surface area contributed by atoms with Crippen molar-refractivity contribution in [2.75, 3.05) is 5.32 Å². The minimum Gasteiger partial charge on any atom is -0.0395 e. The minimum absolute atomic E-state index is 0.0372. The summed E-state index contributed by atoms with van der Waals surface area (Å²) in [6.45, 7) is 7.50. The van der Waals surface area contributed by atoms with Gasteiger partial charge in [0, 0.05) is 0 Å². The summed E-state index contributed by atoms with van der Waals surface area (Å²) in [5, 5.41) is 4.03. The number of hydrogen-bond donors (Lipinski definition) is 1. The van der Waals surface area contributed by atoms with Crippen molar-refractivity contribution < 1.29 is 33.0 Å². The van der Waals surface area contributed by atoms with Gasteiger partial charge in [-0.2, -0.15) is 0 Å². The van der Waals surface area contributed by atoms with E-state index >= 15 is 0 Å². The number of anilines is 1. The van der Waals surface area contributed by atoms with Gasteiger partial charge in [0.1, 0.15) is 0 Å². The minimum atomic E-state index is -3.02. The van der Waals surface area contributed by atoms with Gasteiger partial charge in [-0.1, -0.05) is 13.0 Å². The van der Waals surface area contributed by atoms with E-state index in [1.165, 1.54) is 10.3 Å². The van der Waals surface area contributed by atoms with Gasteiger partial charge in [-0.15, -0.1) is 0 Å². The summed E-state index contributed by atoms with van der Waals surface area (Å²) in [5.74, 6) is -0.00976. The standard InChI is InChI=1S/C26H32IN2O3S2/c1-5-17-6-15-22-23(16-17)33-25(29-22)19-9-13-21(14-10-19)28-24(30)18-7-11-20(12-8-18)27-34(31,32)26(2,3)4/h6,9-10,13-16,18,20H,5,7-8,11-12H2,1-4H3,(H,28,30)/q-1. The summed E-state index contributed by atoms with van der Waals surface area (Å²) in [5.41, 5.74) is 4.16. The molecule has 8 heteroatoms. The van der Waals surface area contributed by atoms with Gasteiger partial charge >= 0.3 is 169 Å². The van der Waals surface area contributed by atoms with Crippen molar-refractivity contribution in [1.29, 1.82) is 0 Å². The maximum atomic E-state index is 12.8. The molecule has 0 radical (unpaired) electrons. The molecular weight excluding hydrogens is 579 g/mol. The Morgan fingerprint density at radius 1 is 1.09 bits per heavy atom. The molecule has 0 aliphatic heterocycles. The van der Waals surface area contributed by atoms with Crippen molar-refractivity contribution in [2.45, 2.75) is 68.5 Å². The monoisotopic (exact) mass is 611 g/mol. The van der Waals surface area contributed by atoms with Gasteiger partial charge in [0.05, 0.1) is 10.2 Å². The molecule has 1 aromatic heterocycles. The van der Waals surface area contributed by atoms with Crippen LogP contribution in [0.3, 0.4) is 0 Å². The molecule has 1 aliphatic rings. The average Bonchev–Trinajstić information content (AvgIpc) is 3.22. The number of carbonyl (C=O) groups is 1. The molecule has 1 aliphatic carbocycles. The quantitative estimate of drug-likeness (QED) is 0.264. The van der Waals surface area contributed by atoms with E-state index in [-0.39, 0.29) is 15.7 Å². The fraction of sp³-hybridized carbons (Fsp3) is 0.462. The van der Waals surface area contributed by atoms with Gasteiger partial charge in [-0.05, 0) is 24.1 Å². The van der Waals surface area contributed by atoms with Crippen LogP contribution in [-0.2, 0) is 18.2 Å². The Morgan fingerprint density at radius 2 is 1.76 bits per heavy atom. The molecule has 4 rings (SSSR count). The van der Waals surface area contributed by atoms with Crippen molar-refractivity contribution in [3.8, 4) is 10.6 Å². The predicted molar refractivity (Wildman–Crippen MR) is 137 cm³/mol. The molecule has 0 spiro atoms. The van der Waals surface area contributed by atoms with Crippen LogP contribution in [0.4, 0.5) is 5.69 Å². The number of carbonyl (C=O) groups excluding carboxylic acids is 1. The Hall–Kier alpha value is -1.52. The molecule has 0 unspecified atom stereocenters. The van der Waals surface area contributed by atoms with Gasteiger partial charge in [-0.3, -0.25) is 0 Å². The van der Waals surface area contributed by atoms with E-state index in [0.717, 1.165) is 53.9 Å². The first-order valence-electron chi connectivity index (χ1n) is 11.8. The third kappa shape index (κ3) is 5.82. The number of aromatic nitrogens is 1. The van der Waals surface area contributed by atoms with Crippen LogP contribution in [0.2, 0.25) is 0 Å². The zero-order valence-corrected chi connectivity index (χ0v) is 23.9. The smallest absolute Gasteiger partial charge is 0.0395 e. The first kappa shape index (κ1) is 25.6. The number of aryl methyl sites for hydroxylation is 1. The second-order valence-corrected chi connectivity index (χ2v) is 19.9. The third-order valence-corrected chi connectivity index (χ3v) is 18.7. The summed E-state index contributed by atoms with van der Waals surface area (Å²) < 4.78 is 25.9. The van der Waals surface area contributed by atoms with Gasteiger partial charge < -0.3 is 0 Å². The average molecular weight is 612 g/mol. The molecule has 0 saturated heterocycles. The maximum absolute atomic E-state index is 12.8. The van der Waals surface area contributed by atoms with E-state index in [0.29, 0.717) is 0 Å². The fourth-order valence-corrected chi connectivity index (χ4v) is 13.1. The van der Waals surface area contributed by atoms with Crippen LogP contribution in [0.15, 0.2) is 42.5 Å². The van der Waals surface area contributed by atoms with Crippen LogP contribution in [0.1, 0.15) is 58.9 Å². The molecule has 184 valence electrons. The molecule has 34 heavy (non-hydrogen) atoms. The van der Waals surface area contributed by atoms with Crippen LogP contribution >= 0.6 is 11.3 Å². The Kier molecular flexibility index (Phi) is 7.69. The number of fused-ring (bicyclic) bond motifs is 1. The summed E-state index contributed by atoms with van der Waals surface area (Å²) >= 11 is 0.766. The van der Waals surface area contributed by atoms with Crippen molar-refractivity contribution in [3.63, 3.8) is 0 Å². The van der Waals surface area contributed by atoms with Gasteiger partial charge in [0.15, 0.2) is 0 Å².